The number of nitrogens with two attached hydrogens (primary N) is 1. The lowest BCUT2D eigenvalue weighted by Gasteiger charge is -2.28. The number of hydrogen-bond acceptors (Lipinski definition) is 3. The van der Waals surface area contributed by atoms with Crippen molar-refractivity contribution in [2.45, 2.75) is 33.6 Å². The smallest absolute Gasteiger partial charge is 0.231 e. The molecule has 0 bridgehead atoms. The molecule has 1 amide bonds. The number of carbonyl (C=O) groups is 1. The van der Waals surface area contributed by atoms with Crippen LogP contribution in [0.2, 0.25) is 0 Å². The van der Waals surface area contributed by atoms with Crippen LogP contribution in [0.3, 0.4) is 0 Å². The number of aryl methyl sites for hydroxylation is 1. The fourth-order valence-corrected chi connectivity index (χ4v) is 2.17. The quantitative estimate of drug-likeness (QED) is 0.830. The Hall–Kier alpha value is -1.55. The highest BCUT2D eigenvalue weighted by atomic mass is 16.5. The Morgan fingerprint density at radius 2 is 2.00 bits per heavy atom. The van der Waals surface area contributed by atoms with E-state index in [1.807, 2.05) is 39.0 Å². The average Bonchev–Trinajstić information content (AvgIpc) is 2.41. The van der Waals surface area contributed by atoms with Gasteiger partial charge in [-0.25, -0.2) is 0 Å². The SMILES string of the molecule is CCC(CC)(CN)C(=O)Nc1ccc(OC)c(C)c1. The van der Waals surface area contributed by atoms with Crippen LogP contribution in [0.1, 0.15) is 32.3 Å². The zero-order chi connectivity index (χ0) is 14.5. The van der Waals surface area contributed by atoms with Crippen LogP contribution in [-0.2, 0) is 4.79 Å². The molecule has 0 aliphatic carbocycles. The van der Waals surface area contributed by atoms with Crippen molar-refractivity contribution in [2.24, 2.45) is 11.1 Å². The monoisotopic (exact) mass is 264 g/mol. The van der Waals surface area contributed by atoms with E-state index in [0.717, 1.165) is 29.8 Å². The van der Waals surface area contributed by atoms with Gasteiger partial charge in [0, 0.05) is 12.2 Å². The Morgan fingerprint density at radius 1 is 1.37 bits per heavy atom. The summed E-state index contributed by atoms with van der Waals surface area (Å²) in [5.74, 6) is 0.804. The molecule has 0 radical (unpaired) electrons. The predicted molar refractivity (Wildman–Crippen MR) is 78.4 cm³/mol. The minimum atomic E-state index is -0.478. The van der Waals surface area contributed by atoms with Crippen molar-refractivity contribution in [1.82, 2.24) is 0 Å². The molecule has 0 saturated heterocycles. The van der Waals surface area contributed by atoms with Gasteiger partial charge >= 0.3 is 0 Å². The van der Waals surface area contributed by atoms with E-state index in [1.54, 1.807) is 7.11 Å². The van der Waals surface area contributed by atoms with Crippen molar-refractivity contribution in [1.29, 1.82) is 0 Å². The van der Waals surface area contributed by atoms with E-state index in [1.165, 1.54) is 0 Å². The van der Waals surface area contributed by atoms with Crippen LogP contribution >= 0.6 is 0 Å². The molecule has 106 valence electrons. The number of nitrogens with one attached hydrogen (secondary N) is 1. The van der Waals surface area contributed by atoms with Gasteiger partial charge in [-0.2, -0.15) is 0 Å². The molecule has 4 heteroatoms. The lowest BCUT2D eigenvalue weighted by atomic mass is 9.81. The second-order valence-electron chi connectivity index (χ2n) is 4.83. The van der Waals surface area contributed by atoms with E-state index in [0.29, 0.717) is 6.54 Å². The van der Waals surface area contributed by atoms with Crippen LogP contribution in [-0.4, -0.2) is 19.6 Å². The summed E-state index contributed by atoms with van der Waals surface area (Å²) in [5.41, 5.74) is 7.07. The summed E-state index contributed by atoms with van der Waals surface area (Å²) in [5, 5.41) is 2.95. The van der Waals surface area contributed by atoms with Crippen molar-refractivity contribution in [2.75, 3.05) is 19.0 Å². The molecule has 1 rings (SSSR count). The fraction of sp³-hybridized carbons (Fsp3) is 0.533. The summed E-state index contributed by atoms with van der Waals surface area (Å²) >= 11 is 0. The van der Waals surface area contributed by atoms with Crippen LogP contribution in [0.4, 0.5) is 5.69 Å². The van der Waals surface area contributed by atoms with Gasteiger partial charge in [-0.15, -0.1) is 0 Å². The minimum Gasteiger partial charge on any atom is -0.496 e. The molecule has 19 heavy (non-hydrogen) atoms. The Balaban J connectivity index is 2.90. The van der Waals surface area contributed by atoms with Crippen molar-refractivity contribution in [3.63, 3.8) is 0 Å². The highest BCUT2D eigenvalue weighted by Gasteiger charge is 2.33. The molecule has 0 fully saturated rings. The van der Waals surface area contributed by atoms with Gasteiger partial charge in [-0.05, 0) is 43.5 Å². The number of methoxy groups -OCH3 is 1. The van der Waals surface area contributed by atoms with Crippen LogP contribution in [0.25, 0.3) is 0 Å². The van der Waals surface area contributed by atoms with E-state index < -0.39 is 5.41 Å². The van der Waals surface area contributed by atoms with Crippen LogP contribution in [0, 0.1) is 12.3 Å². The standard InChI is InChI=1S/C15H24N2O2/c1-5-15(6-2,10-16)14(18)17-12-7-8-13(19-4)11(3)9-12/h7-9H,5-6,10,16H2,1-4H3,(H,17,18). The summed E-state index contributed by atoms with van der Waals surface area (Å²) in [6.07, 6.45) is 1.47. The first-order chi connectivity index (χ1) is 9.02. The molecule has 0 aliphatic heterocycles. The third-order valence-electron chi connectivity index (χ3n) is 3.88. The Labute approximate surface area is 115 Å². The third-order valence-corrected chi connectivity index (χ3v) is 3.88. The molecular weight excluding hydrogens is 240 g/mol. The molecular formula is C15H24N2O2. The fourth-order valence-electron chi connectivity index (χ4n) is 2.17. The summed E-state index contributed by atoms with van der Waals surface area (Å²) in [4.78, 5) is 12.4. The predicted octanol–water partition coefficient (Wildman–Crippen LogP) is 2.71. The van der Waals surface area contributed by atoms with Crippen molar-refractivity contribution >= 4 is 11.6 Å². The molecule has 0 aliphatic rings. The molecule has 4 nitrogen and oxygen atoms in total. The summed E-state index contributed by atoms with van der Waals surface area (Å²) in [6.45, 7) is 6.30. The first-order valence-electron chi connectivity index (χ1n) is 6.69. The number of benzene rings is 1. The Bertz CT molecular complexity index is 432. The number of carbonyl (C=O) groups excluding carboxylic acids is 1. The van der Waals surface area contributed by atoms with E-state index in [4.69, 9.17) is 10.5 Å². The average molecular weight is 264 g/mol. The van der Waals surface area contributed by atoms with Gasteiger partial charge in [0.25, 0.3) is 0 Å². The highest BCUT2D eigenvalue weighted by Crippen LogP contribution is 2.28. The zero-order valence-electron chi connectivity index (χ0n) is 12.2. The van der Waals surface area contributed by atoms with Crippen LogP contribution in [0.15, 0.2) is 18.2 Å². The Morgan fingerprint density at radius 3 is 2.42 bits per heavy atom. The summed E-state index contributed by atoms with van der Waals surface area (Å²) < 4.78 is 5.20. The lowest BCUT2D eigenvalue weighted by molar-refractivity contribution is -0.125. The maximum absolute atomic E-state index is 12.4. The van der Waals surface area contributed by atoms with Crippen molar-refractivity contribution in [3.05, 3.63) is 23.8 Å². The largest absolute Gasteiger partial charge is 0.496 e. The molecule has 0 spiro atoms. The molecule has 0 atom stereocenters. The maximum Gasteiger partial charge on any atom is 0.231 e. The molecule has 0 aromatic heterocycles. The van der Waals surface area contributed by atoms with E-state index in [2.05, 4.69) is 5.32 Å². The number of ether oxygens (including phenoxy) is 1. The van der Waals surface area contributed by atoms with E-state index in [-0.39, 0.29) is 5.91 Å². The van der Waals surface area contributed by atoms with Crippen molar-refractivity contribution < 1.29 is 9.53 Å². The maximum atomic E-state index is 12.4. The highest BCUT2D eigenvalue weighted by molar-refractivity contribution is 5.95. The molecule has 0 unspecified atom stereocenters. The molecule has 1 aromatic carbocycles. The van der Waals surface area contributed by atoms with Gasteiger partial charge in [0.1, 0.15) is 5.75 Å². The minimum absolute atomic E-state index is 0.00966. The first kappa shape index (κ1) is 15.5. The number of amides is 1. The first-order valence-corrected chi connectivity index (χ1v) is 6.69. The van der Waals surface area contributed by atoms with Crippen LogP contribution < -0.4 is 15.8 Å². The van der Waals surface area contributed by atoms with Gasteiger partial charge < -0.3 is 15.8 Å². The zero-order valence-corrected chi connectivity index (χ0v) is 12.2. The molecule has 1 aromatic rings. The lowest BCUT2D eigenvalue weighted by Crippen LogP contribution is -2.41. The molecule has 0 saturated carbocycles. The number of rotatable bonds is 6. The summed E-state index contributed by atoms with van der Waals surface area (Å²) in [6, 6.07) is 5.60. The molecule has 0 heterocycles. The topological polar surface area (TPSA) is 64.4 Å². The Kier molecular flexibility index (Phi) is 5.36. The van der Waals surface area contributed by atoms with Gasteiger partial charge in [-0.1, -0.05) is 13.8 Å². The van der Waals surface area contributed by atoms with Crippen molar-refractivity contribution in [3.8, 4) is 5.75 Å². The second kappa shape index (κ2) is 6.57. The van der Waals surface area contributed by atoms with Gasteiger partial charge in [-0.3, -0.25) is 4.79 Å². The van der Waals surface area contributed by atoms with E-state index >= 15 is 0 Å². The van der Waals surface area contributed by atoms with Gasteiger partial charge in [0.15, 0.2) is 0 Å². The van der Waals surface area contributed by atoms with Crippen LogP contribution in [0.5, 0.6) is 5.75 Å². The number of anilines is 1. The second-order valence-corrected chi connectivity index (χ2v) is 4.83. The molecule has 3 N–H and O–H groups in total. The third kappa shape index (κ3) is 3.26. The van der Waals surface area contributed by atoms with Gasteiger partial charge in [0.05, 0.1) is 12.5 Å². The normalized spacial score (nSPS) is 11.2. The number of hydrogen-bond donors (Lipinski definition) is 2. The summed E-state index contributed by atoms with van der Waals surface area (Å²) in [7, 11) is 1.63. The van der Waals surface area contributed by atoms with E-state index in [9.17, 15) is 4.79 Å². The van der Waals surface area contributed by atoms with Gasteiger partial charge in [0.2, 0.25) is 5.91 Å².